The molecule has 1 aliphatic carbocycles. The highest BCUT2D eigenvalue weighted by molar-refractivity contribution is 6.02. The zero-order valence-electron chi connectivity index (χ0n) is 8.08. The number of nitriles is 1. The Morgan fingerprint density at radius 2 is 2.29 bits per heavy atom. The fourth-order valence-electron chi connectivity index (χ4n) is 2.02. The molecule has 0 aromatic heterocycles. The summed E-state index contributed by atoms with van der Waals surface area (Å²) in [5.74, 6) is -0.421. The van der Waals surface area contributed by atoms with Gasteiger partial charge >= 0.3 is 0 Å². The van der Waals surface area contributed by atoms with E-state index in [0.29, 0.717) is 6.42 Å². The number of carbonyl (C=O) groups excluding carboxylic acids is 1. The van der Waals surface area contributed by atoms with Gasteiger partial charge in [0, 0.05) is 5.56 Å². The summed E-state index contributed by atoms with van der Waals surface area (Å²) in [5.41, 5.74) is 2.87. The summed E-state index contributed by atoms with van der Waals surface area (Å²) in [6, 6.07) is 7.95. The Kier molecular flexibility index (Phi) is 2.09. The zero-order valence-corrected chi connectivity index (χ0v) is 8.08. The van der Waals surface area contributed by atoms with Crippen molar-refractivity contribution >= 4 is 5.78 Å². The smallest absolute Gasteiger partial charge is 0.180 e. The molecule has 1 unspecified atom stereocenters. The van der Waals surface area contributed by atoms with Gasteiger partial charge < -0.3 is 0 Å². The highest BCUT2D eigenvalue weighted by Crippen LogP contribution is 2.27. The van der Waals surface area contributed by atoms with Crippen LogP contribution in [0.25, 0.3) is 0 Å². The maximum absolute atomic E-state index is 11.8. The molecule has 0 heterocycles. The zero-order chi connectivity index (χ0) is 10.1. The van der Waals surface area contributed by atoms with Crippen LogP contribution in [-0.2, 0) is 6.42 Å². The van der Waals surface area contributed by atoms with Crippen LogP contribution >= 0.6 is 0 Å². The van der Waals surface area contributed by atoms with Gasteiger partial charge in [-0.1, -0.05) is 18.2 Å². The molecule has 0 fully saturated rings. The van der Waals surface area contributed by atoms with Gasteiger partial charge in [0.05, 0.1) is 6.07 Å². The number of benzene rings is 1. The molecule has 0 N–H and O–H groups in total. The monoisotopic (exact) mass is 185 g/mol. The van der Waals surface area contributed by atoms with E-state index < -0.39 is 5.92 Å². The number of hydrogen-bond donors (Lipinski definition) is 0. The van der Waals surface area contributed by atoms with Crippen molar-refractivity contribution in [3.63, 3.8) is 0 Å². The van der Waals surface area contributed by atoms with E-state index in [9.17, 15) is 4.79 Å². The van der Waals surface area contributed by atoms with Gasteiger partial charge in [-0.3, -0.25) is 4.79 Å². The van der Waals surface area contributed by atoms with Crippen molar-refractivity contribution in [3.8, 4) is 6.07 Å². The Morgan fingerprint density at radius 1 is 1.50 bits per heavy atom. The summed E-state index contributed by atoms with van der Waals surface area (Å²) in [7, 11) is 0. The lowest BCUT2D eigenvalue weighted by molar-refractivity contribution is 0.0934. The molecule has 1 atom stereocenters. The van der Waals surface area contributed by atoms with Crippen molar-refractivity contribution in [2.75, 3.05) is 0 Å². The van der Waals surface area contributed by atoms with Crippen LogP contribution in [0.15, 0.2) is 18.2 Å². The SMILES string of the molecule is Cc1cccc2c1C(=O)C(C#N)CC2. The van der Waals surface area contributed by atoms with Gasteiger partial charge in [-0.05, 0) is 30.9 Å². The summed E-state index contributed by atoms with van der Waals surface area (Å²) in [5, 5.41) is 8.81. The molecule has 2 rings (SSSR count). The second-order valence-electron chi connectivity index (χ2n) is 3.69. The number of aryl methyl sites for hydroxylation is 2. The quantitative estimate of drug-likeness (QED) is 0.622. The third kappa shape index (κ3) is 1.22. The molecule has 0 saturated carbocycles. The third-order valence-corrected chi connectivity index (χ3v) is 2.78. The first kappa shape index (κ1) is 8.96. The van der Waals surface area contributed by atoms with E-state index in [2.05, 4.69) is 6.07 Å². The predicted molar refractivity (Wildman–Crippen MR) is 52.9 cm³/mol. The minimum Gasteiger partial charge on any atom is -0.293 e. The van der Waals surface area contributed by atoms with Crippen LogP contribution in [0, 0.1) is 24.2 Å². The molecular weight excluding hydrogens is 174 g/mol. The van der Waals surface area contributed by atoms with E-state index in [0.717, 1.165) is 23.1 Å². The Bertz CT molecular complexity index is 428. The van der Waals surface area contributed by atoms with Gasteiger partial charge in [0.2, 0.25) is 0 Å². The summed E-state index contributed by atoms with van der Waals surface area (Å²) in [6.07, 6.45) is 1.52. The summed E-state index contributed by atoms with van der Waals surface area (Å²) in [4.78, 5) is 11.8. The van der Waals surface area contributed by atoms with Crippen LogP contribution in [0.2, 0.25) is 0 Å². The molecule has 2 nitrogen and oxygen atoms in total. The van der Waals surface area contributed by atoms with Crippen molar-refractivity contribution in [1.82, 2.24) is 0 Å². The van der Waals surface area contributed by atoms with Gasteiger partial charge in [0.25, 0.3) is 0 Å². The third-order valence-electron chi connectivity index (χ3n) is 2.78. The van der Waals surface area contributed by atoms with Crippen LogP contribution in [0.1, 0.15) is 27.9 Å². The maximum atomic E-state index is 11.8. The minimum atomic E-state index is -0.427. The normalized spacial score (nSPS) is 20.0. The second-order valence-corrected chi connectivity index (χ2v) is 3.69. The van der Waals surface area contributed by atoms with E-state index in [1.54, 1.807) is 0 Å². The number of nitrogens with zero attached hydrogens (tertiary/aromatic N) is 1. The fourth-order valence-corrected chi connectivity index (χ4v) is 2.02. The molecule has 0 saturated heterocycles. The topological polar surface area (TPSA) is 40.9 Å². The van der Waals surface area contributed by atoms with Gasteiger partial charge in [-0.25, -0.2) is 0 Å². The number of ketones is 1. The Balaban J connectivity index is 2.55. The average molecular weight is 185 g/mol. The minimum absolute atomic E-state index is 0.00634. The number of fused-ring (bicyclic) bond motifs is 1. The molecule has 14 heavy (non-hydrogen) atoms. The molecular formula is C12H11NO. The average Bonchev–Trinajstić information content (AvgIpc) is 2.18. The Hall–Kier alpha value is -1.62. The molecule has 1 aliphatic rings. The summed E-state index contributed by atoms with van der Waals surface area (Å²) in [6.45, 7) is 1.93. The van der Waals surface area contributed by atoms with Crippen LogP contribution in [0.4, 0.5) is 0 Å². The van der Waals surface area contributed by atoms with Gasteiger partial charge in [-0.15, -0.1) is 0 Å². The first-order chi connectivity index (χ1) is 6.74. The lowest BCUT2D eigenvalue weighted by Gasteiger charge is -2.19. The highest BCUT2D eigenvalue weighted by Gasteiger charge is 2.27. The number of Topliss-reactive ketones (excluding diaryl/α,β-unsaturated/α-hetero) is 1. The maximum Gasteiger partial charge on any atom is 0.180 e. The van der Waals surface area contributed by atoms with Gasteiger partial charge in [0.1, 0.15) is 5.92 Å². The van der Waals surface area contributed by atoms with E-state index in [1.807, 2.05) is 25.1 Å². The molecule has 2 heteroatoms. The summed E-state index contributed by atoms with van der Waals surface area (Å²) < 4.78 is 0. The first-order valence-corrected chi connectivity index (χ1v) is 4.76. The van der Waals surface area contributed by atoms with E-state index in [-0.39, 0.29) is 5.78 Å². The van der Waals surface area contributed by atoms with Crippen LogP contribution in [-0.4, -0.2) is 5.78 Å². The number of carbonyl (C=O) groups is 1. The van der Waals surface area contributed by atoms with Crippen molar-refractivity contribution < 1.29 is 4.79 Å². The molecule has 0 radical (unpaired) electrons. The van der Waals surface area contributed by atoms with E-state index in [4.69, 9.17) is 5.26 Å². The van der Waals surface area contributed by atoms with Gasteiger partial charge in [0.15, 0.2) is 5.78 Å². The molecule has 0 amide bonds. The molecule has 70 valence electrons. The van der Waals surface area contributed by atoms with Crippen molar-refractivity contribution in [3.05, 3.63) is 34.9 Å². The Morgan fingerprint density at radius 3 is 3.00 bits per heavy atom. The van der Waals surface area contributed by atoms with E-state index in [1.165, 1.54) is 0 Å². The van der Waals surface area contributed by atoms with E-state index >= 15 is 0 Å². The standard InChI is InChI=1S/C12H11NO/c1-8-3-2-4-9-5-6-10(7-13)12(14)11(8)9/h2-4,10H,5-6H2,1H3. The van der Waals surface area contributed by atoms with Crippen LogP contribution in [0.3, 0.4) is 0 Å². The first-order valence-electron chi connectivity index (χ1n) is 4.76. The predicted octanol–water partition coefficient (Wildman–Crippen LogP) is 2.26. The van der Waals surface area contributed by atoms with Crippen LogP contribution in [0.5, 0.6) is 0 Å². The molecule has 0 aliphatic heterocycles. The van der Waals surface area contributed by atoms with Crippen molar-refractivity contribution in [2.45, 2.75) is 19.8 Å². The number of hydrogen-bond acceptors (Lipinski definition) is 2. The molecule has 1 aromatic rings. The molecule has 0 bridgehead atoms. The largest absolute Gasteiger partial charge is 0.293 e. The number of rotatable bonds is 0. The highest BCUT2D eigenvalue weighted by atomic mass is 16.1. The lowest BCUT2D eigenvalue weighted by Crippen LogP contribution is -2.22. The molecule has 0 spiro atoms. The van der Waals surface area contributed by atoms with Crippen molar-refractivity contribution in [1.29, 1.82) is 5.26 Å². The fraction of sp³-hybridized carbons (Fsp3) is 0.333. The van der Waals surface area contributed by atoms with Crippen molar-refractivity contribution in [2.24, 2.45) is 5.92 Å². The van der Waals surface area contributed by atoms with Crippen LogP contribution < -0.4 is 0 Å². The summed E-state index contributed by atoms with van der Waals surface area (Å²) >= 11 is 0. The lowest BCUT2D eigenvalue weighted by atomic mass is 9.81. The Labute approximate surface area is 83.2 Å². The van der Waals surface area contributed by atoms with Gasteiger partial charge in [-0.2, -0.15) is 5.26 Å². The molecule has 1 aromatic carbocycles. The second kappa shape index (κ2) is 3.26.